The van der Waals surface area contributed by atoms with Crippen LogP contribution in [0.2, 0.25) is 0 Å². The zero-order chi connectivity index (χ0) is 27.2. The highest BCUT2D eigenvalue weighted by Gasteiger charge is 2.77. The molecule has 0 radical (unpaired) electrons. The molecule has 7 atom stereocenters. The van der Waals surface area contributed by atoms with Gasteiger partial charge in [0, 0.05) is 17.1 Å². The molecule has 3 aliphatic heterocycles. The van der Waals surface area contributed by atoms with Crippen molar-refractivity contribution in [2.24, 2.45) is 11.8 Å². The van der Waals surface area contributed by atoms with Crippen LogP contribution in [0.3, 0.4) is 0 Å². The van der Waals surface area contributed by atoms with Gasteiger partial charge >= 0.3 is 0 Å². The average Bonchev–Trinajstić information content (AvgIpc) is 3.49. The van der Waals surface area contributed by atoms with E-state index in [2.05, 4.69) is 26.6 Å². The van der Waals surface area contributed by atoms with Gasteiger partial charge < -0.3 is 25.4 Å². The van der Waals surface area contributed by atoms with Crippen LogP contribution >= 0.6 is 15.9 Å². The standard InChI is InChI=1S/C29H34BrN3O5/c1-4-12-31-26(35)22-23-28(37)33(21(15-34)18-8-6-5-7-9-18)25(29(23)14-19(30)24(22)38-29)27(36)32-20-13-16(2)10-11-17(20)3/h5-11,13,19,21-25,34H,4,12,14-15H2,1-3H3,(H,31,35)(H,32,36)/t19?,21-,22+,23+,24+,25?,29?/m1/s1. The third kappa shape index (κ3) is 4.25. The van der Waals surface area contributed by atoms with E-state index in [1.807, 2.05) is 69.3 Å². The molecule has 3 heterocycles. The Morgan fingerprint density at radius 1 is 1.18 bits per heavy atom. The number of aliphatic hydroxyl groups is 1. The second-order valence-corrected chi connectivity index (χ2v) is 11.8. The summed E-state index contributed by atoms with van der Waals surface area (Å²) in [5.74, 6) is -2.53. The fourth-order valence-electron chi connectivity index (χ4n) is 6.47. The number of benzene rings is 2. The van der Waals surface area contributed by atoms with Gasteiger partial charge in [-0.25, -0.2) is 0 Å². The lowest BCUT2D eigenvalue weighted by Crippen LogP contribution is -2.55. The van der Waals surface area contributed by atoms with E-state index in [1.54, 1.807) is 0 Å². The molecule has 3 aliphatic rings. The summed E-state index contributed by atoms with van der Waals surface area (Å²) in [6, 6.07) is 13.2. The number of alkyl halides is 1. The predicted octanol–water partition coefficient (Wildman–Crippen LogP) is 3.25. The first kappa shape index (κ1) is 26.8. The first-order valence-corrected chi connectivity index (χ1v) is 14.1. The van der Waals surface area contributed by atoms with E-state index in [0.717, 1.165) is 17.5 Å². The van der Waals surface area contributed by atoms with E-state index >= 15 is 0 Å². The molecule has 0 aliphatic carbocycles. The fourth-order valence-corrected chi connectivity index (χ4v) is 7.41. The number of nitrogens with one attached hydrogen (secondary N) is 2. The van der Waals surface area contributed by atoms with Gasteiger partial charge in [0.05, 0.1) is 30.6 Å². The number of hydrogen-bond acceptors (Lipinski definition) is 5. The molecule has 5 rings (SSSR count). The number of nitrogens with zero attached hydrogens (tertiary/aromatic N) is 1. The number of likely N-dealkylation sites (tertiary alicyclic amines) is 1. The zero-order valence-electron chi connectivity index (χ0n) is 21.8. The molecule has 2 aromatic carbocycles. The summed E-state index contributed by atoms with van der Waals surface area (Å²) in [6.07, 6.45) is 0.641. The summed E-state index contributed by atoms with van der Waals surface area (Å²) in [5, 5.41) is 16.5. The quantitative estimate of drug-likeness (QED) is 0.413. The molecule has 0 aromatic heterocycles. The monoisotopic (exact) mass is 583 g/mol. The van der Waals surface area contributed by atoms with Crippen molar-refractivity contribution in [2.45, 2.75) is 62.2 Å². The molecular formula is C29H34BrN3O5. The van der Waals surface area contributed by atoms with Gasteiger partial charge in [-0.3, -0.25) is 14.4 Å². The van der Waals surface area contributed by atoms with Crippen LogP contribution in [0.25, 0.3) is 0 Å². The van der Waals surface area contributed by atoms with Crippen LogP contribution in [-0.2, 0) is 19.1 Å². The van der Waals surface area contributed by atoms with Crippen molar-refractivity contribution in [3.05, 3.63) is 65.2 Å². The smallest absolute Gasteiger partial charge is 0.250 e. The summed E-state index contributed by atoms with van der Waals surface area (Å²) in [7, 11) is 0. The van der Waals surface area contributed by atoms with Crippen LogP contribution in [0, 0.1) is 25.7 Å². The third-order valence-corrected chi connectivity index (χ3v) is 9.02. The maximum atomic E-state index is 14.3. The largest absolute Gasteiger partial charge is 0.394 e. The zero-order valence-corrected chi connectivity index (χ0v) is 23.4. The molecule has 2 bridgehead atoms. The Bertz CT molecular complexity index is 1240. The number of amides is 3. The molecule has 38 heavy (non-hydrogen) atoms. The normalized spacial score (nSPS) is 30.3. The highest BCUT2D eigenvalue weighted by Crippen LogP contribution is 2.61. The minimum Gasteiger partial charge on any atom is -0.394 e. The lowest BCUT2D eigenvalue weighted by molar-refractivity contribution is -0.144. The van der Waals surface area contributed by atoms with Gasteiger partial charge in [-0.05, 0) is 49.4 Å². The maximum absolute atomic E-state index is 14.3. The van der Waals surface area contributed by atoms with E-state index < -0.39 is 35.6 Å². The van der Waals surface area contributed by atoms with Crippen LogP contribution < -0.4 is 10.6 Å². The lowest BCUT2D eigenvalue weighted by atomic mass is 9.70. The molecule has 2 aromatic rings. The Morgan fingerprint density at radius 2 is 1.92 bits per heavy atom. The van der Waals surface area contributed by atoms with Gasteiger partial charge in [0.2, 0.25) is 17.7 Å². The number of anilines is 1. The van der Waals surface area contributed by atoms with Crippen LogP contribution in [0.1, 0.15) is 42.5 Å². The minimum atomic E-state index is -1.20. The SMILES string of the molecule is CCCNC(=O)[C@H]1[C@H]2C(=O)N([C@H](CO)c3ccccc3)C(C(=O)Nc3cc(C)ccc3C)C23CC(Br)[C@@H]1O3. The van der Waals surface area contributed by atoms with Gasteiger partial charge in [0.25, 0.3) is 0 Å². The Kier molecular flexibility index (Phi) is 7.37. The van der Waals surface area contributed by atoms with Crippen molar-refractivity contribution in [3.63, 3.8) is 0 Å². The fraction of sp³-hybridized carbons (Fsp3) is 0.483. The molecule has 3 N–H and O–H groups in total. The van der Waals surface area contributed by atoms with Crippen molar-refractivity contribution in [3.8, 4) is 0 Å². The molecule has 0 saturated carbocycles. The van der Waals surface area contributed by atoms with Gasteiger partial charge in [-0.2, -0.15) is 0 Å². The highest BCUT2D eigenvalue weighted by molar-refractivity contribution is 9.09. The summed E-state index contributed by atoms with van der Waals surface area (Å²) >= 11 is 3.69. The maximum Gasteiger partial charge on any atom is 0.250 e. The molecule has 1 spiro atoms. The van der Waals surface area contributed by atoms with Crippen LogP contribution in [0.15, 0.2) is 48.5 Å². The Morgan fingerprint density at radius 3 is 2.61 bits per heavy atom. The van der Waals surface area contributed by atoms with Gasteiger partial charge in [0.15, 0.2) is 0 Å². The van der Waals surface area contributed by atoms with Crippen molar-refractivity contribution in [1.29, 1.82) is 0 Å². The number of fused-ring (bicyclic) bond motifs is 1. The van der Waals surface area contributed by atoms with E-state index in [9.17, 15) is 19.5 Å². The topological polar surface area (TPSA) is 108 Å². The molecular weight excluding hydrogens is 550 g/mol. The van der Waals surface area contributed by atoms with Crippen LogP contribution in [0.4, 0.5) is 5.69 Å². The molecule has 3 fully saturated rings. The first-order valence-electron chi connectivity index (χ1n) is 13.2. The number of carbonyl (C=O) groups excluding carboxylic acids is 3. The lowest BCUT2D eigenvalue weighted by Gasteiger charge is -2.37. The van der Waals surface area contributed by atoms with Gasteiger partial charge in [0.1, 0.15) is 11.6 Å². The number of ether oxygens (including phenoxy) is 1. The van der Waals surface area contributed by atoms with Crippen LogP contribution in [0.5, 0.6) is 0 Å². The highest BCUT2D eigenvalue weighted by atomic mass is 79.9. The Labute approximate surface area is 231 Å². The van der Waals surface area contributed by atoms with Crippen LogP contribution in [-0.4, -0.2) is 63.5 Å². The number of aliphatic hydroxyl groups excluding tert-OH is 1. The van der Waals surface area contributed by atoms with Gasteiger partial charge in [-0.15, -0.1) is 0 Å². The summed E-state index contributed by atoms with van der Waals surface area (Å²) < 4.78 is 6.55. The van der Waals surface area contributed by atoms with Crippen molar-refractivity contribution in [2.75, 3.05) is 18.5 Å². The van der Waals surface area contributed by atoms with Gasteiger partial charge in [-0.1, -0.05) is 65.3 Å². The number of rotatable bonds is 8. The Hall–Kier alpha value is -2.75. The second kappa shape index (κ2) is 10.4. The number of hydrogen-bond donors (Lipinski definition) is 3. The molecule has 3 unspecified atom stereocenters. The molecule has 3 amide bonds. The number of carbonyl (C=O) groups is 3. The number of aryl methyl sites for hydroxylation is 2. The second-order valence-electron chi connectivity index (χ2n) is 10.6. The molecule has 9 heteroatoms. The summed E-state index contributed by atoms with van der Waals surface area (Å²) in [5.41, 5.74) is 2.05. The van der Waals surface area contributed by atoms with Crippen molar-refractivity contribution >= 4 is 39.3 Å². The minimum absolute atomic E-state index is 0.191. The predicted molar refractivity (Wildman–Crippen MR) is 147 cm³/mol. The first-order chi connectivity index (χ1) is 18.2. The van der Waals surface area contributed by atoms with E-state index in [0.29, 0.717) is 24.2 Å². The molecule has 202 valence electrons. The van der Waals surface area contributed by atoms with E-state index in [-0.39, 0.29) is 29.2 Å². The molecule has 3 saturated heterocycles. The summed E-state index contributed by atoms with van der Waals surface area (Å²) in [4.78, 5) is 43.1. The van der Waals surface area contributed by atoms with Crippen molar-refractivity contribution < 1.29 is 24.2 Å². The summed E-state index contributed by atoms with van der Waals surface area (Å²) in [6.45, 7) is 5.94. The Balaban J connectivity index is 1.60. The van der Waals surface area contributed by atoms with Crippen molar-refractivity contribution in [1.82, 2.24) is 10.2 Å². The third-order valence-electron chi connectivity index (χ3n) is 8.17. The number of halogens is 1. The molecule has 8 nitrogen and oxygen atoms in total. The van der Waals surface area contributed by atoms with E-state index in [1.165, 1.54) is 4.90 Å². The average molecular weight is 585 g/mol. The van der Waals surface area contributed by atoms with E-state index in [4.69, 9.17) is 4.74 Å².